The largest absolute Gasteiger partial charge is 0.492 e. The third-order valence-electron chi connectivity index (χ3n) is 5.68. The lowest BCUT2D eigenvalue weighted by molar-refractivity contribution is 0.0939. The zero-order chi connectivity index (χ0) is 24.1. The van der Waals surface area contributed by atoms with E-state index < -0.39 is 0 Å². The van der Waals surface area contributed by atoms with Gasteiger partial charge in [0.1, 0.15) is 18.7 Å². The Morgan fingerprint density at radius 2 is 1.85 bits per heavy atom. The van der Waals surface area contributed by atoms with E-state index in [0.717, 1.165) is 39.8 Å². The molecule has 0 aliphatic heterocycles. The molecule has 2 aromatic heterocycles. The molecule has 1 N–H and O–H groups in total. The lowest BCUT2D eigenvalue weighted by Crippen LogP contribution is -2.27. The van der Waals surface area contributed by atoms with Gasteiger partial charge in [0.05, 0.1) is 17.3 Å². The molecule has 0 fully saturated rings. The molecule has 2 heterocycles. The number of pyridine rings is 1. The molecular formula is C27H29N5O2. The van der Waals surface area contributed by atoms with Crippen molar-refractivity contribution in [2.24, 2.45) is 0 Å². The van der Waals surface area contributed by atoms with Crippen LogP contribution in [0, 0.1) is 6.92 Å². The van der Waals surface area contributed by atoms with Crippen molar-refractivity contribution in [1.29, 1.82) is 0 Å². The first-order valence-corrected chi connectivity index (χ1v) is 11.3. The number of aromatic nitrogens is 3. The molecule has 0 unspecified atom stereocenters. The summed E-state index contributed by atoms with van der Waals surface area (Å²) in [6.45, 7) is 5.27. The highest BCUT2D eigenvalue weighted by Crippen LogP contribution is 2.28. The monoisotopic (exact) mass is 455 g/mol. The van der Waals surface area contributed by atoms with Gasteiger partial charge in [-0.3, -0.25) is 4.79 Å². The predicted molar refractivity (Wildman–Crippen MR) is 134 cm³/mol. The fourth-order valence-corrected chi connectivity index (χ4v) is 3.77. The molecule has 7 heteroatoms. The Morgan fingerprint density at radius 3 is 2.62 bits per heavy atom. The van der Waals surface area contributed by atoms with Gasteiger partial charge in [0.25, 0.3) is 5.91 Å². The summed E-state index contributed by atoms with van der Waals surface area (Å²) in [6.07, 6.45) is 4.97. The third kappa shape index (κ3) is 5.38. The molecule has 7 nitrogen and oxygen atoms in total. The second-order valence-electron chi connectivity index (χ2n) is 8.56. The van der Waals surface area contributed by atoms with Gasteiger partial charge in [-0.05, 0) is 63.3 Å². The lowest BCUT2D eigenvalue weighted by Gasteiger charge is -2.19. The van der Waals surface area contributed by atoms with Gasteiger partial charge in [-0.25, -0.2) is 15.0 Å². The summed E-state index contributed by atoms with van der Waals surface area (Å²) in [5.41, 5.74) is 4.92. The lowest BCUT2D eigenvalue weighted by atomic mass is 9.99. The summed E-state index contributed by atoms with van der Waals surface area (Å²) in [4.78, 5) is 28.3. The number of carbonyl (C=O) groups excluding carboxylic acids is 1. The second kappa shape index (κ2) is 10.4. The van der Waals surface area contributed by atoms with Crippen LogP contribution >= 0.6 is 0 Å². The Labute approximate surface area is 199 Å². The van der Waals surface area contributed by atoms with Gasteiger partial charge < -0.3 is 15.0 Å². The summed E-state index contributed by atoms with van der Waals surface area (Å²) < 4.78 is 5.83. The number of nitrogens with zero attached hydrogens (tertiary/aromatic N) is 4. The van der Waals surface area contributed by atoms with Crippen molar-refractivity contribution in [2.45, 2.75) is 19.9 Å². The van der Waals surface area contributed by atoms with E-state index in [-0.39, 0.29) is 11.9 Å². The van der Waals surface area contributed by atoms with Crippen molar-refractivity contribution in [3.05, 3.63) is 83.9 Å². The van der Waals surface area contributed by atoms with Gasteiger partial charge in [-0.15, -0.1) is 0 Å². The summed E-state index contributed by atoms with van der Waals surface area (Å²) >= 11 is 0. The number of nitrogens with one attached hydrogen (secondary N) is 1. The van der Waals surface area contributed by atoms with E-state index in [4.69, 9.17) is 9.72 Å². The van der Waals surface area contributed by atoms with Crippen LogP contribution in [-0.2, 0) is 0 Å². The Balaban J connectivity index is 1.61. The number of carbonyl (C=O) groups is 1. The number of aryl methyl sites for hydroxylation is 1. The molecule has 0 bridgehead atoms. The SMILES string of the molecule is Cc1ccc(OCCN(C)C)cc1C(=O)N[C@H](C)c1cc(-c2cncnc2)nc2ccccc12. The minimum atomic E-state index is -0.249. The van der Waals surface area contributed by atoms with Crippen molar-refractivity contribution in [1.82, 2.24) is 25.2 Å². The number of hydrogen-bond acceptors (Lipinski definition) is 6. The first-order chi connectivity index (χ1) is 16.4. The van der Waals surface area contributed by atoms with Gasteiger partial charge in [-0.2, -0.15) is 0 Å². The van der Waals surface area contributed by atoms with Crippen molar-refractivity contribution in [3.63, 3.8) is 0 Å². The number of hydrogen-bond donors (Lipinski definition) is 1. The van der Waals surface area contributed by atoms with E-state index in [2.05, 4.69) is 20.2 Å². The Morgan fingerprint density at radius 1 is 1.09 bits per heavy atom. The molecule has 34 heavy (non-hydrogen) atoms. The highest BCUT2D eigenvalue weighted by atomic mass is 16.5. The number of rotatable bonds is 8. The maximum Gasteiger partial charge on any atom is 0.252 e. The Hall–Kier alpha value is -3.84. The van der Waals surface area contributed by atoms with Crippen LogP contribution in [-0.4, -0.2) is 53.0 Å². The van der Waals surface area contributed by atoms with Crippen LogP contribution in [0.15, 0.2) is 67.3 Å². The summed E-state index contributed by atoms with van der Waals surface area (Å²) in [5, 5.41) is 4.16. The summed E-state index contributed by atoms with van der Waals surface area (Å²) in [6, 6.07) is 15.3. The molecule has 0 saturated heterocycles. The molecular weight excluding hydrogens is 426 g/mol. The number of fused-ring (bicyclic) bond motifs is 1. The summed E-state index contributed by atoms with van der Waals surface area (Å²) in [7, 11) is 4.00. The first-order valence-electron chi connectivity index (χ1n) is 11.3. The molecule has 4 aromatic rings. The fourth-order valence-electron chi connectivity index (χ4n) is 3.77. The van der Waals surface area contributed by atoms with E-state index in [0.29, 0.717) is 17.9 Å². The topological polar surface area (TPSA) is 80.2 Å². The van der Waals surface area contributed by atoms with Crippen LogP contribution in [0.1, 0.15) is 34.5 Å². The second-order valence-corrected chi connectivity index (χ2v) is 8.56. The molecule has 1 atom stereocenters. The number of likely N-dealkylation sites (N-methyl/N-ethyl adjacent to an activating group) is 1. The maximum absolute atomic E-state index is 13.3. The first kappa shape index (κ1) is 23.3. The molecule has 0 saturated carbocycles. The molecule has 0 radical (unpaired) electrons. The van der Waals surface area contributed by atoms with E-state index in [1.807, 2.05) is 76.5 Å². The number of para-hydroxylation sites is 1. The molecule has 174 valence electrons. The van der Waals surface area contributed by atoms with Crippen LogP contribution in [0.25, 0.3) is 22.2 Å². The minimum absolute atomic E-state index is 0.145. The van der Waals surface area contributed by atoms with Gasteiger partial charge in [0.2, 0.25) is 0 Å². The van der Waals surface area contributed by atoms with E-state index in [1.54, 1.807) is 12.4 Å². The zero-order valence-electron chi connectivity index (χ0n) is 19.9. The van der Waals surface area contributed by atoms with Crippen molar-refractivity contribution in [2.75, 3.05) is 27.2 Å². The predicted octanol–water partition coefficient (Wildman–Crippen LogP) is 4.43. The average Bonchev–Trinajstić information content (AvgIpc) is 2.84. The fraction of sp³-hybridized carbons (Fsp3) is 0.259. The van der Waals surface area contributed by atoms with Crippen molar-refractivity contribution < 1.29 is 9.53 Å². The third-order valence-corrected chi connectivity index (χ3v) is 5.68. The van der Waals surface area contributed by atoms with E-state index in [1.165, 1.54) is 6.33 Å². The highest BCUT2D eigenvalue weighted by Gasteiger charge is 2.18. The number of benzene rings is 2. The van der Waals surface area contributed by atoms with Crippen molar-refractivity contribution in [3.8, 4) is 17.0 Å². The van der Waals surface area contributed by atoms with Crippen LogP contribution in [0.4, 0.5) is 0 Å². The smallest absolute Gasteiger partial charge is 0.252 e. The average molecular weight is 456 g/mol. The summed E-state index contributed by atoms with van der Waals surface area (Å²) in [5.74, 6) is 0.541. The minimum Gasteiger partial charge on any atom is -0.492 e. The van der Waals surface area contributed by atoms with Crippen molar-refractivity contribution >= 4 is 16.8 Å². The number of ether oxygens (including phenoxy) is 1. The molecule has 1 amide bonds. The number of amides is 1. The van der Waals surface area contributed by atoms with Gasteiger partial charge in [-0.1, -0.05) is 24.3 Å². The molecule has 2 aromatic carbocycles. The Kier molecular flexibility index (Phi) is 7.13. The Bertz CT molecular complexity index is 1290. The normalized spacial score (nSPS) is 12.0. The van der Waals surface area contributed by atoms with E-state index >= 15 is 0 Å². The van der Waals surface area contributed by atoms with Crippen LogP contribution in [0.3, 0.4) is 0 Å². The standard InChI is InChI=1S/C27H29N5O2/c1-18-9-10-21(34-12-11-32(3)4)13-23(18)27(33)30-19(2)24-14-26(20-15-28-17-29-16-20)31-25-8-6-5-7-22(24)25/h5-10,13-17,19H,11-12H2,1-4H3,(H,30,33)/t19-/m1/s1. The molecule has 0 aliphatic rings. The maximum atomic E-state index is 13.3. The molecule has 4 rings (SSSR count). The van der Waals surface area contributed by atoms with E-state index in [9.17, 15) is 4.79 Å². The van der Waals surface area contributed by atoms with Crippen LogP contribution < -0.4 is 10.1 Å². The van der Waals surface area contributed by atoms with Gasteiger partial charge >= 0.3 is 0 Å². The van der Waals surface area contributed by atoms with Gasteiger partial charge in [0, 0.05) is 35.5 Å². The van der Waals surface area contributed by atoms with Gasteiger partial charge in [0.15, 0.2) is 0 Å². The molecule has 0 spiro atoms. The van der Waals surface area contributed by atoms with Crippen LogP contribution in [0.5, 0.6) is 5.75 Å². The zero-order valence-corrected chi connectivity index (χ0v) is 19.9. The van der Waals surface area contributed by atoms with Crippen LogP contribution in [0.2, 0.25) is 0 Å². The highest BCUT2D eigenvalue weighted by molar-refractivity contribution is 5.96. The molecule has 0 aliphatic carbocycles. The quantitative estimate of drug-likeness (QED) is 0.423.